The molecule has 1 aliphatic rings. The molecule has 0 aliphatic heterocycles. The predicted molar refractivity (Wildman–Crippen MR) is 97.1 cm³/mol. The van der Waals surface area contributed by atoms with Gasteiger partial charge in [-0.1, -0.05) is 26.3 Å². The number of methoxy groups -OCH3 is 1. The molecule has 3 atom stereocenters. The van der Waals surface area contributed by atoms with Crippen LogP contribution >= 0.6 is 0 Å². The van der Waals surface area contributed by atoms with Crippen LogP contribution in [-0.2, 0) is 23.9 Å². The Morgan fingerprint density at radius 1 is 1.23 bits per heavy atom. The van der Waals surface area contributed by atoms with Crippen molar-refractivity contribution in [3.63, 3.8) is 0 Å². The summed E-state index contributed by atoms with van der Waals surface area (Å²) in [5.74, 6) is -1.28. The van der Waals surface area contributed by atoms with Gasteiger partial charge in [0.2, 0.25) is 12.3 Å². The van der Waals surface area contributed by atoms with Crippen LogP contribution in [0.15, 0.2) is 11.6 Å². The summed E-state index contributed by atoms with van der Waals surface area (Å²) in [6.45, 7) is 5.56. The molecule has 0 saturated heterocycles. The topological polar surface area (TPSA) is 92.8 Å². The molecule has 0 aromatic heterocycles. The summed E-state index contributed by atoms with van der Waals surface area (Å²) in [6, 6.07) is -0.280. The maximum Gasteiger partial charge on any atom is 0.309 e. The number of hydrogen-bond donors (Lipinski definition) is 1. The first-order valence-electron chi connectivity index (χ1n) is 8.97. The van der Waals surface area contributed by atoms with E-state index in [0.29, 0.717) is 24.8 Å². The van der Waals surface area contributed by atoms with Crippen molar-refractivity contribution in [3.05, 3.63) is 11.6 Å². The third kappa shape index (κ3) is 5.41. The van der Waals surface area contributed by atoms with Gasteiger partial charge in [0, 0.05) is 13.0 Å². The first kappa shape index (κ1) is 21.9. The SMILES string of the molecule is COC(=O)[C@@H]1CCCC1C(=O)/C(C)=C/[C@H](C(C)C)N(C)C(=O)CNC=O. The molecule has 7 nitrogen and oxygen atoms in total. The van der Waals surface area contributed by atoms with Crippen LogP contribution in [0.3, 0.4) is 0 Å². The highest BCUT2D eigenvalue weighted by Crippen LogP contribution is 2.35. The number of allylic oxidation sites excluding steroid dienone is 1. The summed E-state index contributed by atoms with van der Waals surface area (Å²) < 4.78 is 4.82. The summed E-state index contributed by atoms with van der Waals surface area (Å²) in [5, 5.41) is 2.36. The Morgan fingerprint density at radius 3 is 2.38 bits per heavy atom. The molecule has 146 valence electrons. The fraction of sp³-hybridized carbons (Fsp3) is 0.684. The van der Waals surface area contributed by atoms with Crippen molar-refractivity contribution < 1.29 is 23.9 Å². The molecule has 0 aromatic rings. The van der Waals surface area contributed by atoms with Crippen molar-refractivity contribution in [2.24, 2.45) is 17.8 Å². The summed E-state index contributed by atoms with van der Waals surface area (Å²) in [6.07, 6.45) is 4.44. The quantitative estimate of drug-likeness (QED) is 0.377. The van der Waals surface area contributed by atoms with Crippen molar-refractivity contribution in [1.29, 1.82) is 0 Å². The number of ether oxygens (including phenoxy) is 1. The largest absolute Gasteiger partial charge is 0.469 e. The van der Waals surface area contributed by atoms with Gasteiger partial charge >= 0.3 is 5.97 Å². The maximum absolute atomic E-state index is 12.9. The fourth-order valence-electron chi connectivity index (χ4n) is 3.51. The number of ketones is 1. The Labute approximate surface area is 155 Å². The van der Waals surface area contributed by atoms with Gasteiger partial charge in [-0.05, 0) is 31.3 Å². The molecule has 1 aliphatic carbocycles. The highest BCUT2D eigenvalue weighted by Gasteiger charge is 2.38. The second-order valence-corrected chi connectivity index (χ2v) is 7.12. The summed E-state index contributed by atoms with van der Waals surface area (Å²) in [4.78, 5) is 48.8. The second kappa shape index (κ2) is 10.1. The van der Waals surface area contributed by atoms with E-state index in [1.165, 1.54) is 12.0 Å². The van der Waals surface area contributed by atoms with Gasteiger partial charge < -0.3 is 15.0 Å². The van der Waals surface area contributed by atoms with Crippen molar-refractivity contribution in [2.75, 3.05) is 20.7 Å². The summed E-state index contributed by atoms with van der Waals surface area (Å²) in [5.41, 5.74) is 0.549. The Balaban J connectivity index is 2.94. The van der Waals surface area contributed by atoms with Crippen LogP contribution in [0.2, 0.25) is 0 Å². The highest BCUT2D eigenvalue weighted by molar-refractivity contribution is 5.99. The second-order valence-electron chi connectivity index (χ2n) is 7.12. The van der Waals surface area contributed by atoms with Crippen molar-refractivity contribution >= 4 is 24.1 Å². The average molecular weight is 366 g/mol. The molecule has 0 bridgehead atoms. The minimum Gasteiger partial charge on any atom is -0.469 e. The minimum atomic E-state index is -0.385. The van der Waals surface area contributed by atoms with Crippen LogP contribution in [0.1, 0.15) is 40.0 Å². The number of esters is 1. The van der Waals surface area contributed by atoms with E-state index in [1.54, 1.807) is 20.0 Å². The van der Waals surface area contributed by atoms with Crippen molar-refractivity contribution in [1.82, 2.24) is 10.2 Å². The van der Waals surface area contributed by atoms with Crippen LogP contribution in [0, 0.1) is 17.8 Å². The van der Waals surface area contributed by atoms with E-state index < -0.39 is 0 Å². The Bertz CT molecular complexity index is 570. The number of carbonyl (C=O) groups excluding carboxylic acids is 4. The lowest BCUT2D eigenvalue weighted by atomic mass is 9.87. The van der Waals surface area contributed by atoms with Crippen LogP contribution in [-0.4, -0.2) is 55.7 Å². The fourth-order valence-corrected chi connectivity index (χ4v) is 3.51. The van der Waals surface area contributed by atoms with E-state index in [4.69, 9.17) is 4.74 Å². The molecule has 2 amide bonds. The number of amides is 2. The smallest absolute Gasteiger partial charge is 0.309 e. The van der Waals surface area contributed by atoms with Crippen LogP contribution in [0.25, 0.3) is 0 Å². The molecule has 1 unspecified atom stereocenters. The lowest BCUT2D eigenvalue weighted by molar-refractivity contribution is -0.148. The number of hydrogen-bond acceptors (Lipinski definition) is 5. The van der Waals surface area contributed by atoms with Crippen molar-refractivity contribution in [3.8, 4) is 0 Å². The number of likely N-dealkylation sites (N-methyl/N-ethyl adjacent to an activating group) is 1. The van der Waals surface area contributed by atoms with Gasteiger partial charge in [-0.15, -0.1) is 0 Å². The van der Waals surface area contributed by atoms with E-state index >= 15 is 0 Å². The van der Waals surface area contributed by atoms with Crippen LogP contribution in [0.5, 0.6) is 0 Å². The molecular weight excluding hydrogens is 336 g/mol. The van der Waals surface area contributed by atoms with E-state index in [1.807, 2.05) is 13.8 Å². The van der Waals surface area contributed by atoms with E-state index in [0.717, 1.165) is 6.42 Å². The molecule has 1 N–H and O–H groups in total. The molecule has 1 rings (SSSR count). The highest BCUT2D eigenvalue weighted by atomic mass is 16.5. The third-order valence-corrected chi connectivity index (χ3v) is 5.03. The minimum absolute atomic E-state index is 0.0598. The molecular formula is C19H30N2O5. The number of nitrogens with zero attached hydrogens (tertiary/aromatic N) is 1. The molecule has 0 radical (unpaired) electrons. The predicted octanol–water partition coefficient (Wildman–Crippen LogP) is 1.32. The average Bonchev–Trinajstić information content (AvgIpc) is 3.11. The van der Waals surface area contributed by atoms with Gasteiger partial charge in [-0.2, -0.15) is 0 Å². The van der Waals surface area contributed by atoms with E-state index in [9.17, 15) is 19.2 Å². The Morgan fingerprint density at radius 2 is 1.85 bits per heavy atom. The Hall–Kier alpha value is -2.18. The van der Waals surface area contributed by atoms with Gasteiger partial charge in [0.1, 0.15) is 0 Å². The summed E-state index contributed by atoms with van der Waals surface area (Å²) >= 11 is 0. The van der Waals surface area contributed by atoms with E-state index in [2.05, 4.69) is 5.32 Å². The third-order valence-electron chi connectivity index (χ3n) is 5.03. The molecule has 0 heterocycles. The molecule has 1 saturated carbocycles. The standard InChI is InChI=1S/C19H30N2O5/c1-12(2)16(21(4)17(23)10-20-11-22)9-13(3)18(24)14-7-6-8-15(14)19(25)26-5/h9,11-12,14-16H,6-8,10H2,1-5H3,(H,20,22)/b13-9+/t14?,15-,16-/m1/s1. The molecule has 1 fully saturated rings. The maximum atomic E-state index is 12.9. The number of carbonyl (C=O) groups is 4. The zero-order valence-electron chi connectivity index (χ0n) is 16.3. The zero-order valence-corrected chi connectivity index (χ0v) is 16.3. The van der Waals surface area contributed by atoms with Crippen LogP contribution < -0.4 is 5.32 Å². The molecule has 0 aromatic carbocycles. The van der Waals surface area contributed by atoms with Gasteiger partial charge in [-0.3, -0.25) is 19.2 Å². The normalized spacial score (nSPS) is 21.2. The lowest BCUT2D eigenvalue weighted by Crippen LogP contribution is -2.43. The van der Waals surface area contributed by atoms with Gasteiger partial charge in [0.15, 0.2) is 5.78 Å². The zero-order chi connectivity index (χ0) is 19.9. The van der Waals surface area contributed by atoms with E-state index in [-0.39, 0.29) is 48.0 Å². The first-order valence-corrected chi connectivity index (χ1v) is 8.97. The molecule has 0 spiro atoms. The number of Topliss-reactive ketones (excluding diaryl/α,β-unsaturated/α-hetero) is 1. The number of rotatable bonds is 9. The molecule has 26 heavy (non-hydrogen) atoms. The van der Waals surface area contributed by atoms with Gasteiger partial charge in [0.25, 0.3) is 0 Å². The van der Waals surface area contributed by atoms with Gasteiger partial charge in [0.05, 0.1) is 25.6 Å². The monoisotopic (exact) mass is 366 g/mol. The van der Waals surface area contributed by atoms with Gasteiger partial charge in [-0.25, -0.2) is 0 Å². The molecule has 7 heteroatoms. The lowest BCUT2D eigenvalue weighted by Gasteiger charge is -2.30. The van der Waals surface area contributed by atoms with Crippen molar-refractivity contribution in [2.45, 2.75) is 46.1 Å². The number of nitrogens with one attached hydrogen (secondary N) is 1. The summed E-state index contributed by atoms with van der Waals surface area (Å²) in [7, 11) is 2.99. The Kier molecular flexibility index (Phi) is 8.48. The first-order chi connectivity index (χ1) is 12.2. The van der Waals surface area contributed by atoms with Crippen LogP contribution in [0.4, 0.5) is 0 Å².